The molecule has 0 aliphatic rings. The van der Waals surface area contributed by atoms with E-state index in [2.05, 4.69) is 16.0 Å². The summed E-state index contributed by atoms with van der Waals surface area (Å²) in [6.45, 7) is 0. The van der Waals surface area contributed by atoms with Crippen LogP contribution in [0.25, 0.3) is 22.2 Å². The summed E-state index contributed by atoms with van der Waals surface area (Å²) in [5.41, 5.74) is 8.34. The molecule has 0 spiro atoms. The van der Waals surface area contributed by atoms with E-state index >= 15 is 0 Å². The van der Waals surface area contributed by atoms with Crippen LogP contribution >= 0.6 is 11.6 Å². The van der Waals surface area contributed by atoms with E-state index in [1.54, 1.807) is 24.4 Å². The minimum Gasteiger partial charge on any atom is -0.383 e. The van der Waals surface area contributed by atoms with Gasteiger partial charge in [-0.05, 0) is 29.8 Å². The van der Waals surface area contributed by atoms with Crippen molar-refractivity contribution in [2.24, 2.45) is 0 Å². The Morgan fingerprint density at radius 2 is 1.90 bits per heavy atom. The third-order valence-electron chi connectivity index (χ3n) is 3.03. The lowest BCUT2D eigenvalue weighted by atomic mass is 9.97. The Balaban J connectivity index is 2.43. The first-order chi connectivity index (χ1) is 9.70. The number of nitrogens with zero attached hydrogens (tertiary/aromatic N) is 3. The molecule has 96 valence electrons. The van der Waals surface area contributed by atoms with Gasteiger partial charge in [-0.3, -0.25) is 0 Å². The second-order valence-corrected chi connectivity index (χ2v) is 4.68. The van der Waals surface area contributed by atoms with Crippen LogP contribution in [0.15, 0.2) is 42.6 Å². The predicted molar refractivity (Wildman–Crippen MR) is 79.1 cm³/mol. The fourth-order valence-corrected chi connectivity index (χ4v) is 2.27. The monoisotopic (exact) mass is 280 g/mol. The van der Waals surface area contributed by atoms with Crippen LogP contribution in [0.4, 0.5) is 5.82 Å². The number of benzene rings is 1. The van der Waals surface area contributed by atoms with Crippen LogP contribution in [0.1, 0.15) is 5.56 Å². The van der Waals surface area contributed by atoms with Crippen LogP contribution in [0.3, 0.4) is 0 Å². The van der Waals surface area contributed by atoms with Crippen molar-refractivity contribution >= 4 is 28.5 Å². The number of hydrogen-bond donors (Lipinski definition) is 1. The third-order valence-corrected chi connectivity index (χ3v) is 3.29. The van der Waals surface area contributed by atoms with Gasteiger partial charge in [0.25, 0.3) is 0 Å². The van der Waals surface area contributed by atoms with Crippen LogP contribution in [-0.2, 0) is 0 Å². The van der Waals surface area contributed by atoms with Gasteiger partial charge in [0.2, 0.25) is 0 Å². The van der Waals surface area contributed by atoms with E-state index in [0.29, 0.717) is 16.2 Å². The molecule has 0 amide bonds. The molecule has 0 bridgehead atoms. The number of nitrogens with two attached hydrogens (primary N) is 1. The Kier molecular flexibility index (Phi) is 2.97. The van der Waals surface area contributed by atoms with E-state index in [1.165, 1.54) is 0 Å². The van der Waals surface area contributed by atoms with Gasteiger partial charge in [0.15, 0.2) is 5.65 Å². The molecule has 20 heavy (non-hydrogen) atoms. The quantitative estimate of drug-likeness (QED) is 0.741. The zero-order chi connectivity index (χ0) is 14.1. The van der Waals surface area contributed by atoms with Crippen molar-refractivity contribution in [3.05, 3.63) is 53.2 Å². The van der Waals surface area contributed by atoms with Crippen LogP contribution in [0, 0.1) is 11.3 Å². The highest BCUT2D eigenvalue weighted by Crippen LogP contribution is 2.33. The molecule has 0 radical (unpaired) electrons. The molecule has 0 unspecified atom stereocenters. The molecule has 0 fully saturated rings. The molecule has 5 heteroatoms. The van der Waals surface area contributed by atoms with Gasteiger partial charge >= 0.3 is 0 Å². The topological polar surface area (TPSA) is 75.6 Å². The fraction of sp³-hybridized carbons (Fsp3) is 0. The highest BCUT2D eigenvalue weighted by atomic mass is 35.5. The zero-order valence-electron chi connectivity index (χ0n) is 10.3. The predicted octanol–water partition coefficient (Wildman–Crippen LogP) is 3.40. The number of rotatable bonds is 1. The summed E-state index contributed by atoms with van der Waals surface area (Å²) in [6.07, 6.45) is 1.65. The van der Waals surface area contributed by atoms with Gasteiger partial charge in [-0.1, -0.05) is 23.7 Å². The van der Waals surface area contributed by atoms with Crippen molar-refractivity contribution in [1.29, 1.82) is 5.26 Å². The molecule has 3 rings (SSSR count). The first-order valence-corrected chi connectivity index (χ1v) is 6.28. The Labute approximate surface area is 120 Å². The number of pyridine rings is 2. The summed E-state index contributed by atoms with van der Waals surface area (Å²) in [6, 6.07) is 13.1. The number of anilines is 1. The largest absolute Gasteiger partial charge is 0.383 e. The molecule has 0 atom stereocenters. The molecule has 0 saturated heterocycles. The lowest BCUT2D eigenvalue weighted by Gasteiger charge is -2.10. The second-order valence-electron chi connectivity index (χ2n) is 4.24. The normalized spacial score (nSPS) is 10.4. The van der Waals surface area contributed by atoms with Crippen molar-refractivity contribution in [2.45, 2.75) is 0 Å². The summed E-state index contributed by atoms with van der Waals surface area (Å²) in [5.74, 6) is 0.184. The Hall–Kier alpha value is -2.64. The van der Waals surface area contributed by atoms with Crippen LogP contribution in [0.2, 0.25) is 5.02 Å². The first-order valence-electron chi connectivity index (χ1n) is 5.91. The summed E-state index contributed by atoms with van der Waals surface area (Å²) >= 11 is 5.91. The third kappa shape index (κ3) is 1.94. The van der Waals surface area contributed by atoms with Crippen LogP contribution < -0.4 is 5.73 Å². The molecule has 2 N–H and O–H groups in total. The fourth-order valence-electron chi connectivity index (χ4n) is 2.14. The van der Waals surface area contributed by atoms with Gasteiger partial charge in [-0.15, -0.1) is 0 Å². The maximum Gasteiger partial charge on any atom is 0.162 e. The molecular formula is C15H9ClN4. The maximum atomic E-state index is 9.36. The summed E-state index contributed by atoms with van der Waals surface area (Å²) in [7, 11) is 0. The lowest BCUT2D eigenvalue weighted by Crippen LogP contribution is -2.00. The van der Waals surface area contributed by atoms with Gasteiger partial charge in [0.1, 0.15) is 17.5 Å². The molecule has 0 aliphatic heterocycles. The van der Waals surface area contributed by atoms with Crippen molar-refractivity contribution in [2.75, 3.05) is 5.73 Å². The minimum atomic E-state index is 0.184. The smallest absolute Gasteiger partial charge is 0.162 e. The summed E-state index contributed by atoms with van der Waals surface area (Å²) < 4.78 is 0. The average Bonchev–Trinajstić information content (AvgIpc) is 2.47. The SMILES string of the molecule is N#Cc1c(N)nc2ncccc2c1-c1ccc(Cl)cc1. The van der Waals surface area contributed by atoms with Crippen molar-refractivity contribution in [1.82, 2.24) is 9.97 Å². The Bertz CT molecular complexity index is 835. The van der Waals surface area contributed by atoms with E-state index in [-0.39, 0.29) is 5.82 Å². The van der Waals surface area contributed by atoms with E-state index in [0.717, 1.165) is 16.5 Å². The minimum absolute atomic E-state index is 0.184. The van der Waals surface area contributed by atoms with E-state index in [9.17, 15) is 5.26 Å². The lowest BCUT2D eigenvalue weighted by molar-refractivity contribution is 1.28. The van der Waals surface area contributed by atoms with Crippen molar-refractivity contribution in [3.63, 3.8) is 0 Å². The molecule has 1 aromatic carbocycles. The van der Waals surface area contributed by atoms with Crippen LogP contribution in [0.5, 0.6) is 0 Å². The number of hydrogen-bond acceptors (Lipinski definition) is 4. The number of fused-ring (bicyclic) bond motifs is 1. The number of halogens is 1. The molecule has 2 aromatic heterocycles. The van der Waals surface area contributed by atoms with Gasteiger partial charge in [-0.2, -0.15) is 5.26 Å². The average molecular weight is 281 g/mol. The van der Waals surface area contributed by atoms with E-state index < -0.39 is 0 Å². The highest BCUT2D eigenvalue weighted by molar-refractivity contribution is 6.30. The Morgan fingerprint density at radius 1 is 1.15 bits per heavy atom. The number of aromatic nitrogens is 2. The maximum absolute atomic E-state index is 9.36. The molecule has 0 saturated carbocycles. The van der Waals surface area contributed by atoms with E-state index in [1.807, 2.05) is 18.2 Å². The summed E-state index contributed by atoms with van der Waals surface area (Å²) in [4.78, 5) is 8.36. The second kappa shape index (κ2) is 4.80. The molecular weight excluding hydrogens is 272 g/mol. The molecule has 3 aromatic rings. The van der Waals surface area contributed by atoms with Crippen molar-refractivity contribution in [3.8, 4) is 17.2 Å². The molecule has 4 nitrogen and oxygen atoms in total. The zero-order valence-corrected chi connectivity index (χ0v) is 11.1. The Morgan fingerprint density at radius 3 is 2.60 bits per heavy atom. The first kappa shape index (κ1) is 12.4. The van der Waals surface area contributed by atoms with E-state index in [4.69, 9.17) is 17.3 Å². The standard InChI is InChI=1S/C15H9ClN4/c16-10-5-3-9(4-6-10)13-11-2-1-7-19-15(11)20-14(18)12(13)8-17/h1-7H,(H2,18,19,20). The van der Waals surface area contributed by atoms with Crippen molar-refractivity contribution < 1.29 is 0 Å². The summed E-state index contributed by atoms with van der Waals surface area (Å²) in [5, 5.41) is 10.8. The van der Waals surface area contributed by atoms with Crippen LogP contribution in [-0.4, -0.2) is 9.97 Å². The highest BCUT2D eigenvalue weighted by Gasteiger charge is 2.15. The van der Waals surface area contributed by atoms with Gasteiger partial charge in [-0.25, -0.2) is 9.97 Å². The molecule has 2 heterocycles. The molecule has 0 aliphatic carbocycles. The number of nitriles is 1. The van der Waals surface area contributed by atoms with Gasteiger partial charge < -0.3 is 5.73 Å². The van der Waals surface area contributed by atoms with Gasteiger partial charge in [0, 0.05) is 22.2 Å². The number of nitrogen functional groups attached to an aromatic ring is 1. The van der Waals surface area contributed by atoms with Gasteiger partial charge in [0.05, 0.1) is 0 Å².